The Balaban J connectivity index is 0.00000324. The molecular weight excluding hydrogens is 270 g/mol. The Kier molecular flexibility index (Phi) is 7.59. The van der Waals surface area contributed by atoms with Gasteiger partial charge in [0.15, 0.2) is 0 Å². The molecule has 0 spiro atoms. The molecule has 7 N–H and O–H groups in total. The highest BCUT2D eigenvalue weighted by Gasteiger charge is 2.07. The lowest BCUT2D eigenvalue weighted by molar-refractivity contribution is -0.117. The Morgan fingerprint density at radius 2 is 1.95 bits per heavy atom. The van der Waals surface area contributed by atoms with Crippen molar-refractivity contribution in [2.75, 3.05) is 24.7 Å². The van der Waals surface area contributed by atoms with Gasteiger partial charge in [-0.25, -0.2) is 0 Å². The molecule has 0 aromatic heterocycles. The number of nitrogens with one attached hydrogen (secondary N) is 1. The fraction of sp³-hybridized carbons (Fsp3) is 0.250. The number of nitrogens with two attached hydrogens (primary N) is 2. The molecule has 0 aliphatic heterocycles. The fourth-order valence-corrected chi connectivity index (χ4v) is 1.30. The average Bonchev–Trinajstić information content (AvgIpc) is 2.37. The lowest BCUT2D eigenvalue weighted by Gasteiger charge is -2.11. The number of hydrogen-bond donors (Lipinski definition) is 5. The minimum absolute atomic E-state index is 0. The van der Waals surface area contributed by atoms with E-state index in [0.29, 0.717) is 16.9 Å². The number of benzene rings is 1. The summed E-state index contributed by atoms with van der Waals surface area (Å²) in [5, 5.41) is 20.0. The summed E-state index contributed by atoms with van der Waals surface area (Å²) >= 11 is 0. The summed E-state index contributed by atoms with van der Waals surface area (Å²) in [6.07, 6.45) is 2.79. The van der Waals surface area contributed by atoms with Gasteiger partial charge in [0.2, 0.25) is 5.91 Å². The highest BCUT2D eigenvalue weighted by Crippen LogP contribution is 2.16. The molecule has 1 aromatic rings. The summed E-state index contributed by atoms with van der Waals surface area (Å²) in [6, 6.07) is 4.30. The molecule has 0 bridgehead atoms. The second-order valence-electron chi connectivity index (χ2n) is 3.79. The van der Waals surface area contributed by atoms with E-state index >= 15 is 0 Å². The van der Waals surface area contributed by atoms with E-state index in [0.717, 1.165) is 0 Å². The fourth-order valence-electron chi connectivity index (χ4n) is 1.30. The molecule has 0 saturated heterocycles. The molecule has 1 rings (SSSR count). The van der Waals surface area contributed by atoms with Crippen LogP contribution in [0.1, 0.15) is 5.56 Å². The predicted molar refractivity (Wildman–Crippen MR) is 77.7 cm³/mol. The first-order chi connectivity index (χ1) is 8.56. The van der Waals surface area contributed by atoms with Gasteiger partial charge in [-0.15, -0.1) is 12.4 Å². The normalized spacial score (nSPS) is 10.5. The summed E-state index contributed by atoms with van der Waals surface area (Å²) in [7, 11) is 0. The molecule has 0 aliphatic rings. The number of halogens is 1. The number of nitrogen functional groups attached to an aromatic ring is 2. The second-order valence-corrected chi connectivity index (χ2v) is 3.79. The van der Waals surface area contributed by atoms with E-state index in [2.05, 4.69) is 5.32 Å². The number of aliphatic hydroxyl groups is 2. The van der Waals surface area contributed by atoms with E-state index < -0.39 is 11.9 Å². The van der Waals surface area contributed by atoms with E-state index in [4.69, 9.17) is 21.7 Å². The van der Waals surface area contributed by atoms with Gasteiger partial charge in [-0.3, -0.25) is 4.79 Å². The van der Waals surface area contributed by atoms with Gasteiger partial charge in [-0.05, 0) is 29.8 Å². The molecule has 0 heterocycles. The Labute approximate surface area is 117 Å². The largest absolute Gasteiger partial charge is 0.399 e. The molecule has 1 aromatic carbocycles. The van der Waals surface area contributed by atoms with Crippen LogP contribution in [0.3, 0.4) is 0 Å². The van der Waals surface area contributed by atoms with Gasteiger partial charge < -0.3 is 27.0 Å². The number of anilines is 2. The molecule has 0 fully saturated rings. The van der Waals surface area contributed by atoms with E-state index in [-0.39, 0.29) is 25.6 Å². The van der Waals surface area contributed by atoms with Crippen LogP contribution in [0, 0.1) is 0 Å². The van der Waals surface area contributed by atoms with Crippen molar-refractivity contribution in [2.24, 2.45) is 0 Å². The highest BCUT2D eigenvalue weighted by atomic mass is 35.5. The van der Waals surface area contributed by atoms with Crippen LogP contribution >= 0.6 is 12.4 Å². The van der Waals surface area contributed by atoms with Crippen molar-refractivity contribution in [1.82, 2.24) is 5.32 Å². The summed E-state index contributed by atoms with van der Waals surface area (Å²) in [4.78, 5) is 11.4. The highest BCUT2D eigenvalue weighted by molar-refractivity contribution is 5.93. The van der Waals surface area contributed by atoms with Crippen molar-refractivity contribution < 1.29 is 15.0 Å². The van der Waals surface area contributed by atoms with Gasteiger partial charge in [-0.1, -0.05) is 0 Å². The third-order valence-corrected chi connectivity index (χ3v) is 2.31. The van der Waals surface area contributed by atoms with Crippen LogP contribution < -0.4 is 16.8 Å². The first-order valence-corrected chi connectivity index (χ1v) is 5.42. The van der Waals surface area contributed by atoms with Crippen molar-refractivity contribution in [3.63, 3.8) is 0 Å². The molecule has 0 unspecified atom stereocenters. The van der Waals surface area contributed by atoms with E-state index in [1.807, 2.05) is 0 Å². The first-order valence-electron chi connectivity index (χ1n) is 5.42. The minimum atomic E-state index is -0.666. The van der Waals surface area contributed by atoms with Crippen LogP contribution in [-0.4, -0.2) is 35.4 Å². The Hall–Kier alpha value is -1.76. The van der Waals surface area contributed by atoms with Crippen molar-refractivity contribution in [1.29, 1.82) is 0 Å². The Morgan fingerprint density at radius 1 is 1.32 bits per heavy atom. The third-order valence-electron chi connectivity index (χ3n) is 2.31. The molecule has 7 heteroatoms. The van der Waals surface area contributed by atoms with Gasteiger partial charge in [-0.2, -0.15) is 0 Å². The molecular formula is C12H18ClN3O3. The number of hydrogen-bond acceptors (Lipinski definition) is 5. The molecule has 1 amide bonds. The molecule has 0 atom stereocenters. The second kappa shape index (κ2) is 8.36. The molecule has 0 radical (unpaired) electrons. The van der Waals surface area contributed by atoms with Crippen molar-refractivity contribution in [3.05, 3.63) is 29.8 Å². The maximum Gasteiger partial charge on any atom is 0.244 e. The number of carbonyl (C=O) groups excluding carboxylic acids is 1. The number of aliphatic hydroxyl groups excluding tert-OH is 2. The molecule has 106 valence electrons. The standard InChI is InChI=1S/C12H17N3O3.ClH/c13-9-2-3-11(14)8(5-9)1-4-12(18)15-10(6-16)7-17;/h1-5,10,16-17H,6-7,13-14H2,(H,15,18);1H. The zero-order valence-electron chi connectivity index (χ0n) is 10.2. The maximum atomic E-state index is 11.4. The SMILES string of the molecule is Cl.Nc1ccc(N)c(C=CC(=O)NC(CO)CO)c1. The van der Waals surface area contributed by atoms with Crippen LogP contribution in [0.15, 0.2) is 24.3 Å². The monoisotopic (exact) mass is 287 g/mol. The summed E-state index contributed by atoms with van der Waals surface area (Å²) in [5.74, 6) is -0.426. The lowest BCUT2D eigenvalue weighted by Crippen LogP contribution is -2.39. The Bertz CT molecular complexity index is 448. The topological polar surface area (TPSA) is 122 Å². The lowest BCUT2D eigenvalue weighted by atomic mass is 10.1. The van der Waals surface area contributed by atoms with Crippen molar-refractivity contribution in [3.8, 4) is 0 Å². The van der Waals surface area contributed by atoms with Crippen LogP contribution in [0.25, 0.3) is 6.08 Å². The molecule has 0 aliphatic carbocycles. The zero-order valence-corrected chi connectivity index (χ0v) is 11.1. The first kappa shape index (κ1) is 17.2. The van der Waals surface area contributed by atoms with Crippen LogP contribution in [0.4, 0.5) is 11.4 Å². The quantitative estimate of drug-likeness (QED) is 0.378. The number of rotatable bonds is 5. The van der Waals surface area contributed by atoms with Crippen LogP contribution in [-0.2, 0) is 4.79 Å². The number of amides is 1. The van der Waals surface area contributed by atoms with Crippen LogP contribution in [0.2, 0.25) is 0 Å². The summed E-state index contributed by atoms with van der Waals surface area (Å²) in [6.45, 7) is -0.646. The van der Waals surface area contributed by atoms with Crippen molar-refractivity contribution in [2.45, 2.75) is 6.04 Å². The summed E-state index contributed by atoms with van der Waals surface area (Å²) < 4.78 is 0. The van der Waals surface area contributed by atoms with E-state index in [1.54, 1.807) is 18.2 Å². The molecule has 6 nitrogen and oxygen atoms in total. The minimum Gasteiger partial charge on any atom is -0.399 e. The van der Waals surface area contributed by atoms with Gasteiger partial charge in [0.1, 0.15) is 0 Å². The molecule has 19 heavy (non-hydrogen) atoms. The van der Waals surface area contributed by atoms with Gasteiger partial charge in [0, 0.05) is 17.5 Å². The maximum absolute atomic E-state index is 11.4. The van der Waals surface area contributed by atoms with Crippen molar-refractivity contribution >= 4 is 35.8 Å². The predicted octanol–water partition coefficient (Wildman–Crippen LogP) is -0.245. The van der Waals surface area contributed by atoms with E-state index in [1.165, 1.54) is 12.2 Å². The number of carbonyl (C=O) groups is 1. The molecule has 0 saturated carbocycles. The van der Waals surface area contributed by atoms with Crippen LogP contribution in [0.5, 0.6) is 0 Å². The Morgan fingerprint density at radius 3 is 2.53 bits per heavy atom. The van der Waals surface area contributed by atoms with Gasteiger partial charge in [0.05, 0.1) is 19.3 Å². The zero-order chi connectivity index (χ0) is 13.5. The van der Waals surface area contributed by atoms with Gasteiger partial charge in [0.25, 0.3) is 0 Å². The summed E-state index contributed by atoms with van der Waals surface area (Å²) in [5.41, 5.74) is 13.0. The third kappa shape index (κ3) is 5.60. The van der Waals surface area contributed by atoms with Gasteiger partial charge >= 0.3 is 0 Å². The smallest absolute Gasteiger partial charge is 0.244 e. The average molecular weight is 288 g/mol. The van der Waals surface area contributed by atoms with E-state index in [9.17, 15) is 4.79 Å².